The van der Waals surface area contributed by atoms with E-state index in [4.69, 9.17) is 9.47 Å². The number of hydrogen-bond donors (Lipinski definition) is 3. The van der Waals surface area contributed by atoms with E-state index >= 15 is 0 Å². The standard InChI is InChI=1S/C24H22F6N2O3.C15H18N2O3/c1-12(2)19-20(33)31-22(34)32(21(19)35-18-6-13(3)5-14(4)7-18)11-15-8-16(23(25,26)27)10-17(9-15)24(28,29)30;1-8(2)12-13(18)16-15(19)17-14(12)20-11-6-9(3)5-10(4)7-11/h5-10,12H,11H2,1-4H3,(H,31,33,34);5-8H,1-4H3,(H2,16,17,18,19). The first-order valence-corrected chi connectivity index (χ1v) is 17.0. The van der Waals surface area contributed by atoms with E-state index in [-0.39, 0.29) is 35.1 Å². The maximum atomic E-state index is 13.3. The first-order chi connectivity index (χ1) is 25.4. The fourth-order valence-electron chi connectivity index (χ4n) is 5.92. The maximum absolute atomic E-state index is 13.3. The number of rotatable bonds is 8. The number of benzene rings is 3. The van der Waals surface area contributed by atoms with Gasteiger partial charge in [0.05, 0.1) is 28.8 Å². The van der Waals surface area contributed by atoms with E-state index in [0.29, 0.717) is 23.4 Å². The van der Waals surface area contributed by atoms with Crippen molar-refractivity contribution in [3.05, 3.63) is 146 Å². The largest absolute Gasteiger partial charge is 0.440 e. The van der Waals surface area contributed by atoms with Gasteiger partial charge in [-0.1, -0.05) is 39.8 Å². The summed E-state index contributed by atoms with van der Waals surface area (Å²) in [6, 6.07) is 11.9. The van der Waals surface area contributed by atoms with Crippen LogP contribution in [0.15, 0.2) is 73.8 Å². The molecule has 0 fully saturated rings. The van der Waals surface area contributed by atoms with Gasteiger partial charge in [0.15, 0.2) is 0 Å². The Labute approximate surface area is 310 Å². The van der Waals surface area contributed by atoms with Crippen LogP contribution in [0, 0.1) is 27.7 Å². The van der Waals surface area contributed by atoms with Crippen molar-refractivity contribution in [2.45, 2.75) is 86.1 Å². The number of nitrogens with one attached hydrogen (secondary N) is 3. The summed E-state index contributed by atoms with van der Waals surface area (Å²) in [4.78, 5) is 55.4. The lowest BCUT2D eigenvalue weighted by atomic mass is 10.0. The molecule has 0 aliphatic rings. The minimum atomic E-state index is -5.05. The number of alkyl halides is 6. The number of ether oxygens (including phenoxy) is 2. The van der Waals surface area contributed by atoms with Crippen LogP contribution in [0.3, 0.4) is 0 Å². The van der Waals surface area contributed by atoms with Crippen LogP contribution < -0.4 is 32.0 Å². The summed E-state index contributed by atoms with van der Waals surface area (Å²) in [5, 5.41) is 0. The molecule has 0 aliphatic carbocycles. The number of H-pyrrole nitrogens is 3. The van der Waals surface area contributed by atoms with E-state index in [9.17, 15) is 45.5 Å². The van der Waals surface area contributed by atoms with Gasteiger partial charge in [-0.15, -0.1) is 0 Å². The van der Waals surface area contributed by atoms with Crippen LogP contribution >= 0.6 is 0 Å². The summed E-state index contributed by atoms with van der Waals surface area (Å²) in [5.41, 5.74) is -2.09. The molecule has 10 nitrogen and oxygen atoms in total. The molecule has 5 rings (SSSR count). The molecule has 5 aromatic rings. The molecule has 0 unspecified atom stereocenters. The van der Waals surface area contributed by atoms with Gasteiger partial charge < -0.3 is 9.47 Å². The SMILES string of the molecule is Cc1cc(C)cc(Oc2[nH]c(=O)[nH]c(=O)c2C(C)C)c1.Cc1cc(C)cc(Oc2c(C(C)C)c(=O)[nH]c(=O)n2Cc2cc(C(F)(F)F)cc(C(F)(F)F)c2)c1. The van der Waals surface area contributed by atoms with Crippen LogP contribution in [-0.2, 0) is 18.9 Å². The number of aromatic nitrogens is 4. The summed E-state index contributed by atoms with van der Waals surface area (Å²) in [5.74, 6) is 0.257. The Morgan fingerprint density at radius 3 is 1.45 bits per heavy atom. The third-order valence-corrected chi connectivity index (χ3v) is 8.10. The Hall–Kier alpha value is -5.80. The molecule has 0 aliphatic heterocycles. The zero-order chi connectivity index (χ0) is 41.2. The summed E-state index contributed by atoms with van der Waals surface area (Å²) in [7, 11) is 0. The smallest absolute Gasteiger partial charge is 0.416 e. The van der Waals surface area contributed by atoms with Gasteiger partial charge in [-0.2, -0.15) is 26.3 Å². The Balaban J connectivity index is 0.000000284. The summed E-state index contributed by atoms with van der Waals surface area (Å²) in [6.45, 7) is 13.8. The van der Waals surface area contributed by atoms with Crippen molar-refractivity contribution in [3.63, 3.8) is 0 Å². The molecule has 294 valence electrons. The highest BCUT2D eigenvalue weighted by molar-refractivity contribution is 5.40. The third kappa shape index (κ3) is 10.7. The van der Waals surface area contributed by atoms with Crippen molar-refractivity contribution in [3.8, 4) is 23.3 Å². The Kier molecular flexibility index (Phi) is 12.4. The Bertz CT molecular complexity index is 2370. The highest BCUT2D eigenvalue weighted by Gasteiger charge is 2.37. The van der Waals surface area contributed by atoms with Crippen molar-refractivity contribution in [2.24, 2.45) is 0 Å². The van der Waals surface area contributed by atoms with E-state index in [0.717, 1.165) is 26.8 Å². The van der Waals surface area contributed by atoms with Gasteiger partial charge in [0.25, 0.3) is 11.1 Å². The van der Waals surface area contributed by atoms with Crippen LogP contribution in [0.2, 0.25) is 0 Å². The van der Waals surface area contributed by atoms with Gasteiger partial charge >= 0.3 is 23.7 Å². The number of nitrogens with zero attached hydrogens (tertiary/aromatic N) is 1. The molecule has 2 aromatic heterocycles. The first kappa shape index (κ1) is 41.9. The average Bonchev–Trinajstić information content (AvgIpc) is 3.00. The zero-order valence-corrected chi connectivity index (χ0v) is 31.2. The summed E-state index contributed by atoms with van der Waals surface area (Å²) in [6.07, 6.45) is -10.1. The minimum Gasteiger partial charge on any atom is -0.440 e. The molecule has 16 heteroatoms. The number of aryl methyl sites for hydroxylation is 4. The lowest BCUT2D eigenvalue weighted by Crippen LogP contribution is -2.34. The maximum Gasteiger partial charge on any atom is 0.416 e. The molecule has 0 spiro atoms. The van der Waals surface area contributed by atoms with Gasteiger partial charge in [-0.05, 0) is 110 Å². The second-order valence-corrected chi connectivity index (χ2v) is 13.8. The van der Waals surface area contributed by atoms with E-state index in [2.05, 4.69) is 15.0 Å². The predicted octanol–water partition coefficient (Wildman–Crippen LogP) is 8.75. The highest BCUT2D eigenvalue weighted by Crippen LogP contribution is 2.37. The van der Waals surface area contributed by atoms with Crippen LogP contribution in [-0.4, -0.2) is 19.5 Å². The normalized spacial score (nSPS) is 11.8. The molecule has 0 saturated heterocycles. The molecule has 0 amide bonds. The molecule has 0 saturated carbocycles. The summed E-state index contributed by atoms with van der Waals surface area (Å²) < 4.78 is 92.3. The first-order valence-electron chi connectivity index (χ1n) is 17.0. The Morgan fingerprint density at radius 2 is 1.02 bits per heavy atom. The number of halogens is 6. The van der Waals surface area contributed by atoms with E-state index in [1.165, 1.54) is 0 Å². The van der Waals surface area contributed by atoms with Crippen molar-refractivity contribution in [2.75, 3.05) is 0 Å². The van der Waals surface area contributed by atoms with Gasteiger partial charge in [0.1, 0.15) is 11.5 Å². The molecule has 2 heterocycles. The van der Waals surface area contributed by atoms with Gasteiger partial charge in [0, 0.05) is 0 Å². The number of hydrogen-bond acceptors (Lipinski definition) is 6. The van der Waals surface area contributed by atoms with Crippen molar-refractivity contribution < 1.29 is 35.8 Å². The second kappa shape index (κ2) is 16.3. The zero-order valence-electron chi connectivity index (χ0n) is 31.2. The molecule has 0 radical (unpaired) electrons. The molecular weight excluding hydrogens is 734 g/mol. The molecule has 3 N–H and O–H groups in total. The highest BCUT2D eigenvalue weighted by atomic mass is 19.4. The predicted molar refractivity (Wildman–Crippen MR) is 195 cm³/mol. The molecule has 3 aromatic carbocycles. The average molecular weight is 775 g/mol. The van der Waals surface area contributed by atoms with Crippen LogP contribution in [0.4, 0.5) is 26.3 Å². The molecule has 0 bridgehead atoms. The van der Waals surface area contributed by atoms with Gasteiger partial charge in [0.2, 0.25) is 11.8 Å². The fraction of sp³-hybridized carbons (Fsp3) is 0.333. The third-order valence-electron chi connectivity index (χ3n) is 8.10. The fourth-order valence-corrected chi connectivity index (χ4v) is 5.92. The molecule has 0 atom stereocenters. The quantitative estimate of drug-likeness (QED) is 0.135. The van der Waals surface area contributed by atoms with Crippen LogP contribution in [0.25, 0.3) is 0 Å². The van der Waals surface area contributed by atoms with Crippen molar-refractivity contribution in [1.82, 2.24) is 19.5 Å². The number of aromatic amines is 3. The van der Waals surface area contributed by atoms with E-state index < -0.39 is 64.0 Å². The summed E-state index contributed by atoms with van der Waals surface area (Å²) >= 11 is 0. The lowest BCUT2D eigenvalue weighted by Gasteiger charge is -2.20. The molecular formula is C39H40F6N4O6. The van der Waals surface area contributed by atoms with E-state index in [1.54, 1.807) is 39.8 Å². The van der Waals surface area contributed by atoms with Crippen LogP contribution in [0.5, 0.6) is 23.3 Å². The second-order valence-electron chi connectivity index (χ2n) is 13.8. The van der Waals surface area contributed by atoms with Crippen molar-refractivity contribution >= 4 is 0 Å². The topological polar surface area (TPSA) is 139 Å². The molecule has 55 heavy (non-hydrogen) atoms. The monoisotopic (exact) mass is 774 g/mol. The lowest BCUT2D eigenvalue weighted by molar-refractivity contribution is -0.143. The Morgan fingerprint density at radius 1 is 0.582 bits per heavy atom. The van der Waals surface area contributed by atoms with Gasteiger partial charge in [-0.3, -0.25) is 29.1 Å². The minimum absolute atomic E-state index is 0.00558. The van der Waals surface area contributed by atoms with E-state index in [1.807, 2.05) is 52.0 Å². The van der Waals surface area contributed by atoms with Crippen LogP contribution in [0.1, 0.15) is 89.6 Å². The van der Waals surface area contributed by atoms with Gasteiger partial charge in [-0.25, -0.2) is 9.59 Å². The van der Waals surface area contributed by atoms with Crippen molar-refractivity contribution in [1.29, 1.82) is 0 Å².